The van der Waals surface area contributed by atoms with Gasteiger partial charge in [-0.1, -0.05) is 58.8 Å². The molecule has 250 valence electrons. The molecule has 0 aromatic heterocycles. The van der Waals surface area contributed by atoms with Gasteiger partial charge in [-0.15, -0.1) is 0 Å². The molecule has 44 heavy (non-hydrogen) atoms. The van der Waals surface area contributed by atoms with Crippen LogP contribution in [-0.4, -0.2) is 90.1 Å². The van der Waals surface area contributed by atoms with Crippen molar-refractivity contribution >= 4 is 29.5 Å². The van der Waals surface area contributed by atoms with Crippen LogP contribution in [0.3, 0.4) is 0 Å². The highest BCUT2D eigenvalue weighted by Crippen LogP contribution is 2.27. The van der Waals surface area contributed by atoms with E-state index in [0.717, 1.165) is 57.8 Å². The molecular weight excluding hydrogens is 568 g/mol. The Bertz CT molecular complexity index is 998. The van der Waals surface area contributed by atoms with E-state index in [1.807, 2.05) is 6.92 Å². The van der Waals surface area contributed by atoms with Crippen molar-refractivity contribution in [2.45, 2.75) is 128 Å². The van der Waals surface area contributed by atoms with E-state index in [2.05, 4.69) is 28.2 Å². The SMILES string of the molecule is CCCCCC/C1=C/OCNC(=O)C(C(C)O)NC(=O)C(CN)NC(=O)C(C2CCCCC2)NC(=O)C(CCC)N(C)C1=O. The number of aliphatic hydroxyl groups excluding tert-OH is 1. The van der Waals surface area contributed by atoms with Crippen LogP contribution in [0.2, 0.25) is 0 Å². The number of unbranched alkanes of at least 4 members (excludes halogenated alkanes) is 3. The van der Waals surface area contributed by atoms with E-state index in [1.54, 1.807) is 7.05 Å². The smallest absolute Gasteiger partial charge is 0.253 e. The number of hydrogen-bond donors (Lipinski definition) is 6. The Morgan fingerprint density at radius 2 is 1.64 bits per heavy atom. The summed E-state index contributed by atoms with van der Waals surface area (Å²) in [5.74, 6) is -3.02. The Hall–Kier alpha value is -3.19. The van der Waals surface area contributed by atoms with E-state index in [9.17, 15) is 29.1 Å². The molecule has 1 fully saturated rings. The fourth-order valence-electron chi connectivity index (χ4n) is 5.73. The van der Waals surface area contributed by atoms with Crippen LogP contribution in [-0.2, 0) is 28.7 Å². The topological polar surface area (TPSA) is 192 Å². The van der Waals surface area contributed by atoms with Crippen LogP contribution >= 0.6 is 0 Å². The molecule has 1 heterocycles. The lowest BCUT2D eigenvalue weighted by atomic mass is 9.83. The third-order valence-electron chi connectivity index (χ3n) is 8.42. The maximum absolute atomic E-state index is 13.8. The first kappa shape index (κ1) is 37.0. The fourth-order valence-corrected chi connectivity index (χ4v) is 5.73. The van der Waals surface area contributed by atoms with Crippen molar-refractivity contribution in [3.8, 4) is 0 Å². The van der Waals surface area contributed by atoms with Gasteiger partial charge in [-0.3, -0.25) is 24.0 Å². The van der Waals surface area contributed by atoms with Crippen LogP contribution in [0.25, 0.3) is 0 Å². The predicted octanol–water partition coefficient (Wildman–Crippen LogP) is 0.946. The molecule has 0 spiro atoms. The summed E-state index contributed by atoms with van der Waals surface area (Å²) in [6.07, 6.45) is 9.39. The molecule has 2 rings (SSSR count). The average Bonchev–Trinajstić information content (AvgIpc) is 3.01. The van der Waals surface area contributed by atoms with Gasteiger partial charge >= 0.3 is 0 Å². The van der Waals surface area contributed by atoms with E-state index >= 15 is 0 Å². The van der Waals surface area contributed by atoms with Gasteiger partial charge in [0.05, 0.1) is 17.9 Å². The molecule has 0 bridgehead atoms. The van der Waals surface area contributed by atoms with Crippen LogP contribution in [0.4, 0.5) is 0 Å². The number of ether oxygens (including phenoxy) is 1. The van der Waals surface area contributed by atoms with E-state index in [-0.39, 0.29) is 25.1 Å². The second-order valence-electron chi connectivity index (χ2n) is 11.9. The Morgan fingerprint density at radius 3 is 2.25 bits per heavy atom. The zero-order chi connectivity index (χ0) is 32.6. The number of amides is 5. The molecule has 7 N–H and O–H groups in total. The third kappa shape index (κ3) is 11.1. The van der Waals surface area contributed by atoms with Gasteiger partial charge in [-0.25, -0.2) is 0 Å². The fraction of sp³-hybridized carbons (Fsp3) is 0.774. The Morgan fingerprint density at radius 1 is 0.932 bits per heavy atom. The minimum atomic E-state index is -1.36. The van der Waals surface area contributed by atoms with Crippen LogP contribution in [0.1, 0.15) is 97.8 Å². The summed E-state index contributed by atoms with van der Waals surface area (Å²) >= 11 is 0. The molecule has 5 unspecified atom stereocenters. The van der Waals surface area contributed by atoms with Gasteiger partial charge in [-0.05, 0) is 44.9 Å². The number of rotatable bonds is 10. The van der Waals surface area contributed by atoms with E-state index in [4.69, 9.17) is 10.5 Å². The number of likely N-dealkylation sites (N-methyl/N-ethyl adjacent to an activating group) is 1. The summed E-state index contributed by atoms with van der Waals surface area (Å²) in [6, 6.07) is -4.37. The maximum atomic E-state index is 13.8. The minimum Gasteiger partial charge on any atom is -0.480 e. The first-order valence-corrected chi connectivity index (χ1v) is 16.2. The standard InChI is InChI=1S/C31H54N6O7/c1-5-7-8-10-16-22-18-44-19-33-29(41)25(20(3)38)35-27(39)23(17-32)34-30(42)26(21-14-11-9-12-15-21)36-28(40)24(13-6-2)37(4)31(22)43/h18,20-21,23-26,38H,5-17,19,32H2,1-4H3,(H,33,41)(H,34,42)(H,35,39)(H,36,40)/b22-18-. The van der Waals surface area contributed by atoms with Crippen LogP contribution in [0.5, 0.6) is 0 Å². The van der Waals surface area contributed by atoms with Crippen LogP contribution < -0.4 is 27.0 Å². The molecule has 0 aromatic rings. The molecule has 5 amide bonds. The first-order valence-electron chi connectivity index (χ1n) is 16.2. The van der Waals surface area contributed by atoms with Crippen LogP contribution in [0.15, 0.2) is 11.8 Å². The van der Waals surface area contributed by atoms with E-state index in [0.29, 0.717) is 24.8 Å². The van der Waals surface area contributed by atoms with Crippen molar-refractivity contribution in [3.63, 3.8) is 0 Å². The largest absolute Gasteiger partial charge is 0.480 e. The number of aliphatic hydroxyl groups is 1. The van der Waals surface area contributed by atoms with Crippen molar-refractivity contribution in [1.82, 2.24) is 26.2 Å². The summed E-state index contributed by atoms with van der Waals surface area (Å²) in [4.78, 5) is 68.6. The van der Waals surface area contributed by atoms with Gasteiger partial charge in [0.15, 0.2) is 6.73 Å². The molecule has 2 aliphatic rings. The molecule has 1 aliphatic heterocycles. The summed E-state index contributed by atoms with van der Waals surface area (Å²) in [5, 5.41) is 20.8. The highest BCUT2D eigenvalue weighted by atomic mass is 16.5. The quantitative estimate of drug-likeness (QED) is 0.194. The molecule has 0 radical (unpaired) electrons. The molecule has 5 atom stereocenters. The van der Waals surface area contributed by atoms with Crippen molar-refractivity contribution in [3.05, 3.63) is 11.8 Å². The zero-order valence-electron chi connectivity index (χ0n) is 26.9. The summed E-state index contributed by atoms with van der Waals surface area (Å²) in [6.45, 7) is 4.75. The van der Waals surface area contributed by atoms with Gasteiger partial charge in [0.1, 0.15) is 24.2 Å². The van der Waals surface area contributed by atoms with Crippen molar-refractivity contribution in [1.29, 1.82) is 0 Å². The monoisotopic (exact) mass is 622 g/mol. The first-order chi connectivity index (χ1) is 21.0. The molecule has 0 aromatic carbocycles. The van der Waals surface area contributed by atoms with Gasteiger partial charge in [0, 0.05) is 13.6 Å². The lowest BCUT2D eigenvalue weighted by Gasteiger charge is -2.34. The summed E-state index contributed by atoms with van der Waals surface area (Å²) < 4.78 is 5.55. The average molecular weight is 623 g/mol. The maximum Gasteiger partial charge on any atom is 0.253 e. The highest BCUT2D eigenvalue weighted by Gasteiger charge is 2.37. The van der Waals surface area contributed by atoms with Gasteiger partial charge in [0.25, 0.3) is 5.91 Å². The van der Waals surface area contributed by atoms with E-state index < -0.39 is 53.9 Å². The zero-order valence-corrected chi connectivity index (χ0v) is 26.9. The van der Waals surface area contributed by atoms with E-state index in [1.165, 1.54) is 18.1 Å². The number of nitrogens with two attached hydrogens (primary N) is 1. The van der Waals surface area contributed by atoms with Crippen LogP contribution in [0, 0.1) is 5.92 Å². The third-order valence-corrected chi connectivity index (χ3v) is 8.42. The molecule has 13 heteroatoms. The highest BCUT2D eigenvalue weighted by molar-refractivity contribution is 5.98. The number of nitrogens with zero attached hydrogens (tertiary/aromatic N) is 1. The number of hydrogen-bond acceptors (Lipinski definition) is 8. The number of carbonyl (C=O) groups is 5. The molecule has 1 saturated carbocycles. The Balaban J connectivity index is 2.50. The lowest BCUT2D eigenvalue weighted by molar-refractivity contribution is -0.139. The number of nitrogens with one attached hydrogen (secondary N) is 4. The van der Waals surface area contributed by atoms with Crippen molar-refractivity contribution in [2.24, 2.45) is 11.7 Å². The molecule has 13 nitrogen and oxygen atoms in total. The summed E-state index contributed by atoms with van der Waals surface area (Å²) in [7, 11) is 1.57. The Kier molecular flexibility index (Phi) is 16.2. The van der Waals surface area contributed by atoms with Gasteiger partial charge in [0.2, 0.25) is 23.6 Å². The summed E-state index contributed by atoms with van der Waals surface area (Å²) in [5.41, 5.74) is 6.19. The molecule has 1 aliphatic carbocycles. The minimum absolute atomic E-state index is 0.165. The predicted molar refractivity (Wildman–Crippen MR) is 166 cm³/mol. The Labute approximate surface area is 261 Å². The second-order valence-corrected chi connectivity index (χ2v) is 11.9. The second kappa shape index (κ2) is 19.3. The lowest BCUT2D eigenvalue weighted by Crippen LogP contribution is -2.62. The molecular formula is C31H54N6O7. The van der Waals surface area contributed by atoms with Gasteiger partial charge < -0.3 is 41.7 Å². The van der Waals surface area contributed by atoms with Crippen molar-refractivity contribution < 1.29 is 33.8 Å². The van der Waals surface area contributed by atoms with Crippen molar-refractivity contribution in [2.75, 3.05) is 20.3 Å². The van der Waals surface area contributed by atoms with Gasteiger partial charge in [-0.2, -0.15) is 0 Å². The normalized spacial score (nSPS) is 27.5. The number of carbonyl (C=O) groups excluding carboxylic acids is 5. The molecule has 0 saturated heterocycles.